The van der Waals surface area contributed by atoms with Crippen molar-refractivity contribution in [1.82, 2.24) is 5.32 Å². The number of hydrogen-bond acceptors (Lipinski definition) is 4. The highest BCUT2D eigenvalue weighted by Crippen LogP contribution is 2.60. The maximum Gasteiger partial charge on any atom is 0.232 e. The van der Waals surface area contributed by atoms with E-state index in [2.05, 4.69) is 10.6 Å². The van der Waals surface area contributed by atoms with Crippen LogP contribution in [0.25, 0.3) is 0 Å². The summed E-state index contributed by atoms with van der Waals surface area (Å²) in [7, 11) is 0. The lowest BCUT2D eigenvalue weighted by atomic mass is 9.49. The van der Waals surface area contributed by atoms with Crippen LogP contribution in [0.1, 0.15) is 70.4 Å². The van der Waals surface area contributed by atoms with E-state index >= 15 is 0 Å². The van der Waals surface area contributed by atoms with Gasteiger partial charge in [0.15, 0.2) is 16.7 Å². The van der Waals surface area contributed by atoms with Crippen LogP contribution >= 0.6 is 12.2 Å². The summed E-state index contributed by atoms with van der Waals surface area (Å²) >= 11 is 5.44. The van der Waals surface area contributed by atoms with Crippen LogP contribution in [-0.2, 0) is 4.79 Å². The van der Waals surface area contributed by atoms with Gasteiger partial charge in [-0.3, -0.25) is 14.4 Å². The molecule has 162 valence electrons. The molecule has 4 saturated carbocycles. The van der Waals surface area contributed by atoms with Crippen molar-refractivity contribution < 1.29 is 14.4 Å². The molecule has 6 heteroatoms. The highest BCUT2D eigenvalue weighted by Gasteiger charge is 2.54. The molecule has 2 N–H and O–H groups in total. The van der Waals surface area contributed by atoms with Gasteiger partial charge in [0.2, 0.25) is 5.91 Å². The molecule has 0 aromatic heterocycles. The second-order valence-corrected chi connectivity index (χ2v) is 10.5. The van der Waals surface area contributed by atoms with E-state index in [0.717, 1.165) is 19.3 Å². The first kappa shape index (κ1) is 19.8. The average Bonchev–Trinajstić information content (AvgIpc) is 2.76. The van der Waals surface area contributed by atoms with E-state index in [1.807, 2.05) is 0 Å². The number of amides is 1. The number of nitrogens with one attached hydrogen (secondary N) is 2. The van der Waals surface area contributed by atoms with Crippen molar-refractivity contribution in [2.45, 2.75) is 38.5 Å². The number of rotatable bonds is 2. The molecule has 7 rings (SSSR count). The summed E-state index contributed by atoms with van der Waals surface area (Å²) < 4.78 is 0. The van der Waals surface area contributed by atoms with Gasteiger partial charge in [-0.25, -0.2) is 0 Å². The Hall–Kier alpha value is -2.86. The van der Waals surface area contributed by atoms with Crippen LogP contribution < -0.4 is 10.6 Å². The summed E-state index contributed by atoms with van der Waals surface area (Å²) in [5.74, 6) is 1.75. The third-order valence-corrected chi connectivity index (χ3v) is 8.13. The lowest BCUT2D eigenvalue weighted by Crippen LogP contribution is -2.55. The second-order valence-electron chi connectivity index (χ2n) is 10.1. The molecule has 0 unspecified atom stereocenters. The standard InChI is InChI=1S/C26H24N2O3S/c29-22-18-3-1-2-4-19(18)23(30)21-10-17(5-6-20(21)22)27-25(32)28-24(31)26-11-14-7-15(12-26)9-16(8-14)13-26/h1-6,10,14-16H,7-9,11-13H2,(H2,27,28,31,32). The lowest BCUT2D eigenvalue weighted by Gasteiger charge is -2.55. The second kappa shape index (κ2) is 7.07. The van der Waals surface area contributed by atoms with Crippen LogP contribution in [0, 0.1) is 23.2 Å². The zero-order valence-corrected chi connectivity index (χ0v) is 18.5. The molecule has 2 aromatic rings. The highest BCUT2D eigenvalue weighted by atomic mass is 32.1. The van der Waals surface area contributed by atoms with E-state index in [1.54, 1.807) is 42.5 Å². The zero-order valence-electron chi connectivity index (χ0n) is 17.6. The largest absolute Gasteiger partial charge is 0.332 e. The molecule has 0 aliphatic heterocycles. The predicted octanol–water partition coefficient (Wildman–Crippen LogP) is 4.49. The number of benzene rings is 2. The van der Waals surface area contributed by atoms with E-state index in [1.165, 1.54) is 19.3 Å². The first-order chi connectivity index (χ1) is 15.4. The molecule has 2 aromatic carbocycles. The first-order valence-electron chi connectivity index (χ1n) is 11.4. The SMILES string of the molecule is O=C1c2ccccc2C(=O)c2cc(NC(=S)NC(=O)C34CC5CC(CC(C5)C3)C4)ccc21. The number of anilines is 1. The molecule has 1 amide bonds. The van der Waals surface area contributed by atoms with Gasteiger partial charge in [-0.1, -0.05) is 24.3 Å². The highest BCUT2D eigenvalue weighted by molar-refractivity contribution is 7.80. The molecule has 0 spiro atoms. The van der Waals surface area contributed by atoms with Gasteiger partial charge < -0.3 is 10.6 Å². The van der Waals surface area contributed by atoms with Crippen molar-refractivity contribution in [3.63, 3.8) is 0 Å². The molecule has 4 fully saturated rings. The van der Waals surface area contributed by atoms with Gasteiger partial charge in [-0.2, -0.15) is 0 Å². The first-order valence-corrected chi connectivity index (χ1v) is 11.8. The van der Waals surface area contributed by atoms with Gasteiger partial charge in [0.1, 0.15) is 0 Å². The predicted molar refractivity (Wildman–Crippen MR) is 125 cm³/mol. The van der Waals surface area contributed by atoms with E-state index in [-0.39, 0.29) is 28.0 Å². The van der Waals surface area contributed by atoms with Crippen molar-refractivity contribution in [3.8, 4) is 0 Å². The summed E-state index contributed by atoms with van der Waals surface area (Å²) in [5.41, 5.74) is 1.91. The average molecular weight is 445 g/mol. The van der Waals surface area contributed by atoms with Gasteiger partial charge >= 0.3 is 0 Å². The number of fused-ring (bicyclic) bond motifs is 2. The van der Waals surface area contributed by atoms with Crippen molar-refractivity contribution in [2.75, 3.05) is 5.32 Å². The Morgan fingerprint density at radius 2 is 1.34 bits per heavy atom. The van der Waals surface area contributed by atoms with Gasteiger partial charge in [-0.05, 0) is 86.7 Å². The van der Waals surface area contributed by atoms with Crippen molar-refractivity contribution in [3.05, 3.63) is 64.7 Å². The monoisotopic (exact) mass is 444 g/mol. The number of carbonyl (C=O) groups is 3. The minimum atomic E-state index is -0.275. The molecule has 0 atom stereocenters. The van der Waals surface area contributed by atoms with E-state index < -0.39 is 0 Å². The van der Waals surface area contributed by atoms with E-state index in [0.29, 0.717) is 45.7 Å². The molecule has 32 heavy (non-hydrogen) atoms. The summed E-state index contributed by atoms with van der Waals surface area (Å²) in [6.45, 7) is 0. The fraction of sp³-hybridized carbons (Fsp3) is 0.385. The van der Waals surface area contributed by atoms with Crippen LogP contribution in [0.4, 0.5) is 5.69 Å². The van der Waals surface area contributed by atoms with Gasteiger partial charge in [0.05, 0.1) is 5.41 Å². The topological polar surface area (TPSA) is 75.3 Å². The Balaban J connectivity index is 1.19. The van der Waals surface area contributed by atoms with Gasteiger partial charge in [-0.15, -0.1) is 0 Å². The van der Waals surface area contributed by atoms with Crippen molar-refractivity contribution in [1.29, 1.82) is 0 Å². The van der Waals surface area contributed by atoms with E-state index in [9.17, 15) is 14.4 Å². The summed E-state index contributed by atoms with van der Waals surface area (Å²) in [4.78, 5) is 39.0. The van der Waals surface area contributed by atoms with Crippen molar-refractivity contribution in [2.24, 2.45) is 23.2 Å². The quantitative estimate of drug-likeness (QED) is 0.570. The Labute approximate surface area is 192 Å². The van der Waals surface area contributed by atoms with E-state index in [4.69, 9.17) is 12.2 Å². The maximum absolute atomic E-state index is 13.2. The third kappa shape index (κ3) is 3.04. The number of carbonyl (C=O) groups excluding carboxylic acids is 3. The third-order valence-electron chi connectivity index (χ3n) is 7.93. The molecule has 5 aliphatic rings. The maximum atomic E-state index is 13.2. The molecule has 5 nitrogen and oxygen atoms in total. The molecule has 0 radical (unpaired) electrons. The lowest BCUT2D eigenvalue weighted by molar-refractivity contribution is -0.144. The molecule has 0 heterocycles. The minimum Gasteiger partial charge on any atom is -0.332 e. The van der Waals surface area contributed by atoms with Crippen LogP contribution in [0.5, 0.6) is 0 Å². The Morgan fingerprint density at radius 1 is 0.812 bits per heavy atom. The molecule has 0 saturated heterocycles. The molecule has 4 bridgehead atoms. The fourth-order valence-corrected chi connectivity index (χ4v) is 7.17. The summed E-state index contributed by atoms with van der Waals surface area (Å²) in [6.07, 6.45) is 6.76. The Bertz CT molecular complexity index is 1170. The Kier molecular flexibility index (Phi) is 4.37. The summed E-state index contributed by atoms with van der Waals surface area (Å²) in [5, 5.41) is 6.22. The number of thiocarbonyl (C=S) groups is 1. The number of ketones is 2. The van der Waals surface area contributed by atoms with Crippen LogP contribution in [0.3, 0.4) is 0 Å². The molecular formula is C26H24N2O3S. The normalized spacial score (nSPS) is 29.3. The number of hydrogen-bond donors (Lipinski definition) is 2. The smallest absolute Gasteiger partial charge is 0.232 e. The summed E-state index contributed by atoms with van der Waals surface area (Å²) in [6, 6.07) is 11.9. The Morgan fingerprint density at radius 3 is 1.94 bits per heavy atom. The van der Waals surface area contributed by atoms with Crippen molar-refractivity contribution >= 4 is 40.5 Å². The van der Waals surface area contributed by atoms with Gasteiger partial charge in [0, 0.05) is 27.9 Å². The zero-order chi connectivity index (χ0) is 22.0. The van der Waals surface area contributed by atoms with Gasteiger partial charge in [0.25, 0.3) is 0 Å². The minimum absolute atomic E-state index is 0.0345. The molecular weight excluding hydrogens is 420 g/mol. The van der Waals surface area contributed by atoms with Crippen LogP contribution in [0.15, 0.2) is 42.5 Å². The van der Waals surface area contributed by atoms with Crippen LogP contribution in [-0.4, -0.2) is 22.6 Å². The fourth-order valence-electron chi connectivity index (χ4n) is 6.96. The molecule has 5 aliphatic carbocycles. The van der Waals surface area contributed by atoms with Crippen LogP contribution in [0.2, 0.25) is 0 Å².